The molecule has 7 heteroatoms. The maximum atomic E-state index is 13.2. The molecule has 0 unspecified atom stereocenters. The molecule has 5 rings (SSSR count). The van der Waals surface area contributed by atoms with E-state index in [-0.39, 0.29) is 17.9 Å². The molecule has 1 aliphatic heterocycles. The predicted molar refractivity (Wildman–Crippen MR) is 119 cm³/mol. The van der Waals surface area contributed by atoms with E-state index in [4.69, 9.17) is 4.74 Å². The van der Waals surface area contributed by atoms with Crippen LogP contribution in [0, 0.1) is 0 Å². The van der Waals surface area contributed by atoms with Crippen LogP contribution in [-0.2, 0) is 6.54 Å². The van der Waals surface area contributed by atoms with E-state index < -0.39 is 0 Å². The molecular weight excluding hydrogens is 410 g/mol. The third-order valence-corrected chi connectivity index (χ3v) is 6.47. The van der Waals surface area contributed by atoms with E-state index in [1.807, 2.05) is 47.4 Å². The standard InChI is InChI=1S/C24H21N3O3S/c1-30-18-5-2-4-15(12-18)14-26-22(28)16-7-10-20-21(13-16)31-23-19(6-3-11-25-23)24(29)27(20)17-8-9-17/h2-7,10-13,17H,8-9,14H2,1H3,(H,26,28). The summed E-state index contributed by atoms with van der Waals surface area (Å²) in [6.07, 6.45) is 3.68. The Bertz CT molecular complexity index is 1180. The second-order valence-electron chi connectivity index (χ2n) is 7.58. The molecule has 31 heavy (non-hydrogen) atoms. The highest BCUT2D eigenvalue weighted by atomic mass is 32.2. The number of hydrogen-bond donors (Lipinski definition) is 1. The Morgan fingerprint density at radius 3 is 2.87 bits per heavy atom. The van der Waals surface area contributed by atoms with Gasteiger partial charge in [0, 0.05) is 29.2 Å². The highest BCUT2D eigenvalue weighted by molar-refractivity contribution is 7.99. The number of pyridine rings is 1. The van der Waals surface area contributed by atoms with Crippen molar-refractivity contribution in [3.05, 3.63) is 77.5 Å². The van der Waals surface area contributed by atoms with Crippen LogP contribution in [0.3, 0.4) is 0 Å². The topological polar surface area (TPSA) is 71.5 Å². The summed E-state index contributed by atoms with van der Waals surface area (Å²) in [5, 5.41) is 3.64. The predicted octanol–water partition coefficient (Wildman–Crippen LogP) is 4.29. The first-order valence-corrected chi connectivity index (χ1v) is 11.0. The van der Waals surface area contributed by atoms with Gasteiger partial charge >= 0.3 is 0 Å². The molecule has 0 radical (unpaired) electrons. The van der Waals surface area contributed by atoms with Crippen molar-refractivity contribution in [2.45, 2.75) is 35.3 Å². The lowest BCUT2D eigenvalue weighted by atomic mass is 10.1. The average molecular weight is 432 g/mol. The van der Waals surface area contributed by atoms with Crippen molar-refractivity contribution < 1.29 is 14.3 Å². The third kappa shape index (κ3) is 3.88. The second-order valence-corrected chi connectivity index (χ2v) is 8.61. The molecular formula is C24H21N3O3S. The minimum absolute atomic E-state index is 0.0212. The summed E-state index contributed by atoms with van der Waals surface area (Å²) in [5.74, 6) is 0.567. The van der Waals surface area contributed by atoms with Gasteiger partial charge in [0.1, 0.15) is 10.8 Å². The number of nitrogens with zero attached hydrogens (tertiary/aromatic N) is 2. The molecule has 2 aromatic carbocycles. The van der Waals surface area contributed by atoms with Crippen molar-refractivity contribution in [3.63, 3.8) is 0 Å². The number of ether oxygens (including phenoxy) is 1. The van der Waals surface area contributed by atoms with E-state index in [9.17, 15) is 9.59 Å². The number of rotatable bonds is 5. The lowest BCUT2D eigenvalue weighted by Gasteiger charge is -2.22. The van der Waals surface area contributed by atoms with Crippen LogP contribution < -0.4 is 15.0 Å². The number of fused-ring (bicyclic) bond motifs is 2. The van der Waals surface area contributed by atoms with Crippen LogP contribution in [0.4, 0.5) is 5.69 Å². The summed E-state index contributed by atoms with van der Waals surface area (Å²) in [6.45, 7) is 0.400. The fourth-order valence-corrected chi connectivity index (χ4v) is 4.72. The summed E-state index contributed by atoms with van der Waals surface area (Å²) in [5.41, 5.74) is 2.97. The summed E-state index contributed by atoms with van der Waals surface area (Å²) in [7, 11) is 1.62. The first-order chi connectivity index (χ1) is 15.1. The van der Waals surface area contributed by atoms with Gasteiger partial charge in [-0.15, -0.1) is 0 Å². The molecule has 2 amide bonds. The summed E-state index contributed by atoms with van der Waals surface area (Å²) < 4.78 is 5.24. The Kier molecular flexibility index (Phi) is 5.11. The minimum Gasteiger partial charge on any atom is -0.497 e. The number of nitrogens with one attached hydrogen (secondary N) is 1. The van der Waals surface area contributed by atoms with E-state index in [1.165, 1.54) is 11.8 Å². The van der Waals surface area contributed by atoms with Crippen molar-refractivity contribution in [1.29, 1.82) is 0 Å². The normalized spacial score (nSPS) is 15.0. The molecule has 0 saturated heterocycles. The Morgan fingerprint density at radius 1 is 1.19 bits per heavy atom. The molecule has 156 valence electrons. The maximum Gasteiger partial charge on any atom is 0.261 e. The molecule has 1 aliphatic carbocycles. The zero-order chi connectivity index (χ0) is 21.4. The van der Waals surface area contributed by atoms with Gasteiger partial charge in [0.15, 0.2) is 0 Å². The number of methoxy groups -OCH3 is 1. The van der Waals surface area contributed by atoms with Gasteiger partial charge in [0.05, 0.1) is 18.4 Å². The van der Waals surface area contributed by atoms with E-state index in [0.717, 1.165) is 34.7 Å². The smallest absolute Gasteiger partial charge is 0.261 e. The summed E-state index contributed by atoms with van der Waals surface area (Å²) >= 11 is 1.44. The lowest BCUT2D eigenvalue weighted by molar-refractivity contribution is 0.0949. The first-order valence-electron chi connectivity index (χ1n) is 10.2. The van der Waals surface area contributed by atoms with Gasteiger partial charge in [-0.2, -0.15) is 0 Å². The molecule has 1 saturated carbocycles. The second kappa shape index (κ2) is 8.07. The summed E-state index contributed by atoms with van der Waals surface area (Å²) in [6, 6.07) is 16.9. The van der Waals surface area contributed by atoms with Crippen LogP contribution in [0.5, 0.6) is 5.75 Å². The molecule has 0 bridgehead atoms. The van der Waals surface area contributed by atoms with Gasteiger partial charge in [0.25, 0.3) is 11.8 Å². The van der Waals surface area contributed by atoms with E-state index in [0.29, 0.717) is 22.7 Å². The van der Waals surface area contributed by atoms with E-state index in [1.54, 1.807) is 25.4 Å². The molecule has 0 spiro atoms. The van der Waals surface area contributed by atoms with Crippen LogP contribution in [0.2, 0.25) is 0 Å². The number of amides is 2. The van der Waals surface area contributed by atoms with Crippen LogP contribution in [0.25, 0.3) is 0 Å². The Morgan fingerprint density at radius 2 is 2.06 bits per heavy atom. The fraction of sp³-hybridized carbons (Fsp3) is 0.208. The molecule has 3 aromatic rings. The van der Waals surface area contributed by atoms with E-state index in [2.05, 4.69) is 10.3 Å². The Labute approximate surface area is 184 Å². The Balaban J connectivity index is 1.42. The van der Waals surface area contributed by atoms with Crippen LogP contribution in [-0.4, -0.2) is 29.9 Å². The molecule has 1 aromatic heterocycles. The highest BCUT2D eigenvalue weighted by Gasteiger charge is 2.38. The van der Waals surface area contributed by atoms with Gasteiger partial charge in [-0.05, 0) is 60.9 Å². The van der Waals surface area contributed by atoms with Gasteiger partial charge < -0.3 is 15.0 Å². The van der Waals surface area contributed by atoms with Gasteiger partial charge in [-0.3, -0.25) is 9.59 Å². The average Bonchev–Trinajstić information content (AvgIpc) is 3.64. The first kappa shape index (κ1) is 19.6. The SMILES string of the molecule is COc1cccc(CNC(=O)c2ccc3c(c2)Sc2ncccc2C(=O)N3C2CC2)c1. The van der Waals surface area contributed by atoms with Crippen molar-refractivity contribution in [2.75, 3.05) is 12.0 Å². The fourth-order valence-electron chi connectivity index (χ4n) is 3.68. The molecule has 1 N–H and O–H groups in total. The van der Waals surface area contributed by atoms with Crippen molar-refractivity contribution in [1.82, 2.24) is 10.3 Å². The van der Waals surface area contributed by atoms with Gasteiger partial charge in [-0.1, -0.05) is 23.9 Å². The number of aromatic nitrogens is 1. The zero-order valence-electron chi connectivity index (χ0n) is 17.0. The number of anilines is 1. The minimum atomic E-state index is -0.166. The monoisotopic (exact) mass is 431 g/mol. The van der Waals surface area contributed by atoms with Gasteiger partial charge in [0.2, 0.25) is 0 Å². The van der Waals surface area contributed by atoms with Crippen LogP contribution in [0.1, 0.15) is 39.1 Å². The van der Waals surface area contributed by atoms with E-state index >= 15 is 0 Å². The Hall–Kier alpha value is -3.32. The summed E-state index contributed by atoms with van der Waals surface area (Å²) in [4.78, 5) is 33.2. The quantitative estimate of drug-likeness (QED) is 0.652. The lowest BCUT2D eigenvalue weighted by Crippen LogP contribution is -2.33. The third-order valence-electron chi connectivity index (χ3n) is 5.41. The number of benzene rings is 2. The number of carbonyl (C=O) groups excluding carboxylic acids is 2. The molecule has 6 nitrogen and oxygen atoms in total. The molecule has 2 heterocycles. The van der Waals surface area contributed by atoms with Crippen molar-refractivity contribution in [2.24, 2.45) is 0 Å². The largest absolute Gasteiger partial charge is 0.497 e. The molecule has 1 fully saturated rings. The molecule has 0 atom stereocenters. The van der Waals surface area contributed by atoms with Gasteiger partial charge in [-0.25, -0.2) is 4.98 Å². The van der Waals surface area contributed by atoms with Crippen LogP contribution >= 0.6 is 11.8 Å². The van der Waals surface area contributed by atoms with Crippen molar-refractivity contribution >= 4 is 29.3 Å². The zero-order valence-corrected chi connectivity index (χ0v) is 17.8. The number of hydrogen-bond acceptors (Lipinski definition) is 5. The highest BCUT2D eigenvalue weighted by Crippen LogP contribution is 2.44. The maximum absolute atomic E-state index is 13.2. The van der Waals surface area contributed by atoms with Crippen LogP contribution in [0.15, 0.2) is 70.7 Å². The van der Waals surface area contributed by atoms with Crippen molar-refractivity contribution in [3.8, 4) is 5.75 Å². The number of carbonyl (C=O) groups is 2. The molecule has 2 aliphatic rings.